The van der Waals surface area contributed by atoms with Crippen LogP contribution in [0, 0.1) is 0 Å². The molecule has 0 unspecified atom stereocenters. The number of carbonyl (C=O) groups excluding carboxylic acids is 1. The SMILES string of the molecule is CCCC(N)=NCC(=O)NCC. The molecule has 0 rings (SSSR count). The number of nitrogens with two attached hydrogens (primary N) is 1. The van der Waals surface area contributed by atoms with Crippen LogP contribution < -0.4 is 11.1 Å². The number of aliphatic imine (C=N–C) groups is 1. The van der Waals surface area contributed by atoms with E-state index in [0.29, 0.717) is 12.4 Å². The number of likely N-dealkylation sites (N-methyl/N-ethyl adjacent to an activating group) is 1. The van der Waals surface area contributed by atoms with Gasteiger partial charge < -0.3 is 11.1 Å². The van der Waals surface area contributed by atoms with Crippen molar-refractivity contribution in [2.45, 2.75) is 26.7 Å². The average molecular weight is 171 g/mol. The summed E-state index contributed by atoms with van der Waals surface area (Å²) >= 11 is 0. The molecule has 0 spiro atoms. The van der Waals surface area contributed by atoms with Gasteiger partial charge >= 0.3 is 0 Å². The summed E-state index contributed by atoms with van der Waals surface area (Å²) in [5, 5.41) is 2.64. The number of rotatable bonds is 5. The van der Waals surface area contributed by atoms with Crippen molar-refractivity contribution < 1.29 is 4.79 Å². The Labute approximate surface area is 73.2 Å². The van der Waals surface area contributed by atoms with Gasteiger partial charge in [0.15, 0.2) is 0 Å². The van der Waals surface area contributed by atoms with Gasteiger partial charge in [-0.2, -0.15) is 0 Å². The van der Waals surface area contributed by atoms with Gasteiger partial charge in [0.2, 0.25) is 5.91 Å². The van der Waals surface area contributed by atoms with E-state index in [0.717, 1.165) is 12.8 Å². The first kappa shape index (κ1) is 10.9. The monoisotopic (exact) mass is 171 g/mol. The maximum absolute atomic E-state index is 10.9. The number of hydrogen-bond donors (Lipinski definition) is 2. The molecular weight excluding hydrogens is 154 g/mol. The van der Waals surface area contributed by atoms with E-state index in [1.807, 2.05) is 13.8 Å². The van der Waals surface area contributed by atoms with E-state index in [2.05, 4.69) is 10.3 Å². The fourth-order valence-electron chi connectivity index (χ4n) is 0.762. The van der Waals surface area contributed by atoms with Crippen LogP contribution in [0.4, 0.5) is 0 Å². The molecule has 0 saturated carbocycles. The van der Waals surface area contributed by atoms with Gasteiger partial charge in [-0.05, 0) is 13.3 Å². The van der Waals surface area contributed by atoms with Crippen molar-refractivity contribution in [1.82, 2.24) is 5.32 Å². The third-order valence-corrected chi connectivity index (χ3v) is 1.31. The molecule has 0 radical (unpaired) electrons. The van der Waals surface area contributed by atoms with Gasteiger partial charge in [0.05, 0.1) is 5.84 Å². The molecule has 0 aromatic carbocycles. The molecule has 4 heteroatoms. The van der Waals surface area contributed by atoms with Gasteiger partial charge in [0.25, 0.3) is 0 Å². The number of hydrogen-bond acceptors (Lipinski definition) is 2. The summed E-state index contributed by atoms with van der Waals surface area (Å²) in [6, 6.07) is 0. The van der Waals surface area contributed by atoms with Crippen molar-refractivity contribution in [2.24, 2.45) is 10.7 Å². The Morgan fingerprint density at radius 2 is 2.17 bits per heavy atom. The topological polar surface area (TPSA) is 67.5 Å². The van der Waals surface area contributed by atoms with Gasteiger partial charge in [-0.25, -0.2) is 0 Å². The zero-order valence-electron chi connectivity index (χ0n) is 7.76. The third-order valence-electron chi connectivity index (χ3n) is 1.31. The van der Waals surface area contributed by atoms with E-state index in [1.165, 1.54) is 0 Å². The highest BCUT2D eigenvalue weighted by molar-refractivity contribution is 5.85. The van der Waals surface area contributed by atoms with E-state index >= 15 is 0 Å². The van der Waals surface area contributed by atoms with Gasteiger partial charge in [-0.3, -0.25) is 9.79 Å². The Kier molecular flexibility index (Phi) is 6.05. The summed E-state index contributed by atoms with van der Waals surface area (Å²) < 4.78 is 0. The summed E-state index contributed by atoms with van der Waals surface area (Å²) in [5.74, 6) is 0.486. The highest BCUT2D eigenvalue weighted by Crippen LogP contribution is 1.86. The second-order valence-corrected chi connectivity index (χ2v) is 2.51. The van der Waals surface area contributed by atoms with Crippen molar-refractivity contribution in [3.05, 3.63) is 0 Å². The lowest BCUT2D eigenvalue weighted by Gasteiger charge is -1.99. The summed E-state index contributed by atoms with van der Waals surface area (Å²) in [5.41, 5.74) is 5.50. The van der Waals surface area contributed by atoms with Gasteiger partial charge in [0, 0.05) is 13.0 Å². The van der Waals surface area contributed by atoms with E-state index in [4.69, 9.17) is 5.73 Å². The molecule has 0 bridgehead atoms. The zero-order chi connectivity index (χ0) is 9.40. The Bertz CT molecular complexity index is 166. The van der Waals surface area contributed by atoms with Crippen LogP contribution in [0.5, 0.6) is 0 Å². The van der Waals surface area contributed by atoms with Crippen molar-refractivity contribution in [3.63, 3.8) is 0 Å². The van der Waals surface area contributed by atoms with Crippen molar-refractivity contribution in [3.8, 4) is 0 Å². The van der Waals surface area contributed by atoms with Crippen LogP contribution in [0.15, 0.2) is 4.99 Å². The van der Waals surface area contributed by atoms with E-state index < -0.39 is 0 Å². The predicted octanol–water partition coefficient (Wildman–Crippen LogP) is 0.280. The van der Waals surface area contributed by atoms with Crippen molar-refractivity contribution in [2.75, 3.05) is 13.1 Å². The second kappa shape index (κ2) is 6.64. The molecule has 0 aromatic rings. The molecular formula is C8H17N3O. The molecule has 0 fully saturated rings. The fraction of sp³-hybridized carbons (Fsp3) is 0.750. The molecule has 0 aliphatic heterocycles. The summed E-state index contributed by atoms with van der Waals surface area (Å²) in [6.45, 7) is 4.69. The number of amides is 1. The lowest BCUT2D eigenvalue weighted by atomic mass is 10.3. The van der Waals surface area contributed by atoms with Crippen LogP contribution in [-0.4, -0.2) is 24.8 Å². The number of nitrogens with zero attached hydrogens (tertiary/aromatic N) is 1. The highest BCUT2D eigenvalue weighted by Gasteiger charge is 1.96. The fourth-order valence-corrected chi connectivity index (χ4v) is 0.762. The Morgan fingerprint density at radius 1 is 1.50 bits per heavy atom. The molecule has 1 amide bonds. The van der Waals surface area contributed by atoms with Gasteiger partial charge in [-0.15, -0.1) is 0 Å². The molecule has 0 aliphatic rings. The molecule has 12 heavy (non-hydrogen) atoms. The lowest BCUT2D eigenvalue weighted by Crippen LogP contribution is -2.26. The van der Waals surface area contributed by atoms with E-state index in [1.54, 1.807) is 0 Å². The predicted molar refractivity (Wildman–Crippen MR) is 50.1 cm³/mol. The molecule has 3 N–H and O–H groups in total. The molecule has 0 atom stereocenters. The maximum Gasteiger partial charge on any atom is 0.241 e. The molecule has 0 heterocycles. The highest BCUT2D eigenvalue weighted by atomic mass is 16.1. The van der Waals surface area contributed by atoms with Crippen LogP contribution >= 0.6 is 0 Å². The number of carbonyl (C=O) groups is 1. The molecule has 0 aliphatic carbocycles. The van der Waals surface area contributed by atoms with Gasteiger partial charge in [0.1, 0.15) is 6.54 Å². The second-order valence-electron chi connectivity index (χ2n) is 2.51. The normalized spacial score (nSPS) is 11.3. The van der Waals surface area contributed by atoms with Crippen LogP contribution in [0.1, 0.15) is 26.7 Å². The zero-order valence-corrected chi connectivity index (χ0v) is 7.76. The standard InChI is InChI=1S/C8H17N3O/c1-3-5-7(9)11-6-8(12)10-4-2/h3-6H2,1-2H3,(H2,9,11)(H,10,12). The lowest BCUT2D eigenvalue weighted by molar-refractivity contribution is -0.119. The van der Waals surface area contributed by atoms with Crippen molar-refractivity contribution >= 4 is 11.7 Å². The first-order valence-electron chi connectivity index (χ1n) is 4.26. The summed E-state index contributed by atoms with van der Waals surface area (Å²) in [4.78, 5) is 14.8. The van der Waals surface area contributed by atoms with Crippen LogP contribution in [0.25, 0.3) is 0 Å². The Morgan fingerprint density at radius 3 is 2.67 bits per heavy atom. The first-order valence-corrected chi connectivity index (χ1v) is 4.26. The molecule has 0 aromatic heterocycles. The number of nitrogens with one attached hydrogen (secondary N) is 1. The molecule has 0 saturated heterocycles. The van der Waals surface area contributed by atoms with E-state index in [-0.39, 0.29) is 12.5 Å². The van der Waals surface area contributed by atoms with Crippen molar-refractivity contribution in [1.29, 1.82) is 0 Å². The quantitative estimate of drug-likeness (QED) is 0.461. The summed E-state index contributed by atoms with van der Waals surface area (Å²) in [7, 11) is 0. The van der Waals surface area contributed by atoms with Crippen LogP contribution in [0.2, 0.25) is 0 Å². The average Bonchev–Trinajstić information content (AvgIpc) is 2.02. The molecule has 4 nitrogen and oxygen atoms in total. The summed E-state index contributed by atoms with van der Waals surface area (Å²) in [6.07, 6.45) is 1.73. The minimum atomic E-state index is -0.0726. The van der Waals surface area contributed by atoms with Gasteiger partial charge in [-0.1, -0.05) is 6.92 Å². The smallest absolute Gasteiger partial charge is 0.241 e. The molecule has 70 valence electrons. The van der Waals surface area contributed by atoms with E-state index in [9.17, 15) is 4.79 Å². The third kappa shape index (κ3) is 5.70. The number of amidine groups is 1. The minimum Gasteiger partial charge on any atom is -0.387 e. The maximum atomic E-state index is 10.9. The minimum absolute atomic E-state index is 0.0726. The van der Waals surface area contributed by atoms with Crippen LogP contribution in [0.3, 0.4) is 0 Å². The van der Waals surface area contributed by atoms with Crippen LogP contribution in [-0.2, 0) is 4.79 Å². The largest absolute Gasteiger partial charge is 0.387 e. The Hall–Kier alpha value is -1.06. The first-order chi connectivity index (χ1) is 5.70. The Balaban J connectivity index is 3.63.